The lowest BCUT2D eigenvalue weighted by Crippen LogP contribution is -2.38. The van der Waals surface area contributed by atoms with Crippen LogP contribution in [0.1, 0.15) is 11.1 Å². The van der Waals surface area contributed by atoms with Crippen molar-refractivity contribution in [1.29, 1.82) is 0 Å². The van der Waals surface area contributed by atoms with Gasteiger partial charge in [0.1, 0.15) is 5.75 Å². The van der Waals surface area contributed by atoms with Gasteiger partial charge < -0.3 is 15.2 Å². The van der Waals surface area contributed by atoms with Crippen molar-refractivity contribution in [3.8, 4) is 5.75 Å². The van der Waals surface area contributed by atoms with E-state index in [1.54, 1.807) is 11.4 Å². The summed E-state index contributed by atoms with van der Waals surface area (Å²) in [5.74, 6) is -0.938. The number of nitrogens with one attached hydrogen (secondary N) is 1. The van der Waals surface area contributed by atoms with Crippen molar-refractivity contribution in [3.05, 3.63) is 29.3 Å². The number of nitrogens with two attached hydrogens (primary N) is 1. The number of ether oxygens (including phenoxy) is 2. The molecule has 0 saturated heterocycles. The third kappa shape index (κ3) is 5.38. The van der Waals surface area contributed by atoms with Gasteiger partial charge in [0.2, 0.25) is 0 Å². The van der Waals surface area contributed by atoms with Crippen molar-refractivity contribution in [2.24, 2.45) is 5.73 Å². The van der Waals surface area contributed by atoms with Gasteiger partial charge in [0.15, 0.2) is 13.2 Å². The van der Waals surface area contributed by atoms with E-state index in [0.29, 0.717) is 5.75 Å². The standard InChI is InChI=1S/C13H16N2O5/c1-8-3-4-9(2)10(5-8)19-7-12(17)20-6-11(16)15-13(14)18/h3-5H,6-7H2,1-2H3,(H3,14,15,16,18). The number of carbonyl (C=O) groups is 3. The SMILES string of the molecule is Cc1ccc(C)c(OCC(=O)OCC(=O)NC(N)=O)c1. The van der Waals surface area contributed by atoms with Crippen molar-refractivity contribution < 1.29 is 23.9 Å². The van der Waals surface area contributed by atoms with Gasteiger partial charge in [-0.05, 0) is 31.0 Å². The summed E-state index contributed by atoms with van der Waals surface area (Å²) in [4.78, 5) is 32.7. The van der Waals surface area contributed by atoms with Crippen LogP contribution >= 0.6 is 0 Å². The van der Waals surface area contributed by atoms with E-state index < -0.39 is 24.5 Å². The Labute approximate surface area is 116 Å². The number of hydrogen-bond donors (Lipinski definition) is 2. The molecule has 0 unspecified atom stereocenters. The molecule has 0 saturated carbocycles. The molecular formula is C13H16N2O5. The Kier molecular flexibility index (Phi) is 5.52. The quantitative estimate of drug-likeness (QED) is 0.760. The minimum Gasteiger partial charge on any atom is -0.482 e. The van der Waals surface area contributed by atoms with Crippen LogP contribution in [0.25, 0.3) is 0 Å². The van der Waals surface area contributed by atoms with E-state index in [-0.39, 0.29) is 6.61 Å². The number of imide groups is 1. The highest BCUT2D eigenvalue weighted by Gasteiger charge is 2.10. The molecule has 0 aliphatic carbocycles. The van der Waals surface area contributed by atoms with Gasteiger partial charge in [-0.2, -0.15) is 0 Å². The van der Waals surface area contributed by atoms with Crippen LogP contribution < -0.4 is 15.8 Å². The molecule has 0 spiro atoms. The Morgan fingerprint density at radius 3 is 2.55 bits per heavy atom. The lowest BCUT2D eigenvalue weighted by molar-refractivity contribution is -0.150. The van der Waals surface area contributed by atoms with Gasteiger partial charge in [-0.1, -0.05) is 12.1 Å². The Morgan fingerprint density at radius 1 is 1.20 bits per heavy atom. The highest BCUT2D eigenvalue weighted by molar-refractivity contribution is 5.94. The maximum absolute atomic E-state index is 11.4. The number of amides is 3. The number of urea groups is 1. The van der Waals surface area contributed by atoms with Crippen molar-refractivity contribution in [3.63, 3.8) is 0 Å². The molecule has 0 fully saturated rings. The van der Waals surface area contributed by atoms with Gasteiger partial charge >= 0.3 is 12.0 Å². The monoisotopic (exact) mass is 280 g/mol. The molecule has 0 atom stereocenters. The number of aryl methyl sites for hydroxylation is 2. The Balaban J connectivity index is 2.38. The molecule has 20 heavy (non-hydrogen) atoms. The highest BCUT2D eigenvalue weighted by atomic mass is 16.6. The smallest absolute Gasteiger partial charge is 0.344 e. The summed E-state index contributed by atoms with van der Waals surface area (Å²) in [6.45, 7) is 2.84. The molecule has 7 heteroatoms. The Morgan fingerprint density at radius 2 is 1.90 bits per heavy atom. The summed E-state index contributed by atoms with van der Waals surface area (Å²) >= 11 is 0. The van der Waals surface area contributed by atoms with Crippen LogP contribution in [0.5, 0.6) is 5.75 Å². The summed E-state index contributed by atoms with van der Waals surface area (Å²) in [7, 11) is 0. The number of rotatable bonds is 5. The largest absolute Gasteiger partial charge is 0.482 e. The molecule has 1 rings (SSSR count). The molecule has 3 N–H and O–H groups in total. The predicted molar refractivity (Wildman–Crippen MR) is 70.1 cm³/mol. The maximum atomic E-state index is 11.4. The topological polar surface area (TPSA) is 108 Å². The number of primary amides is 1. The third-order valence-corrected chi connectivity index (χ3v) is 2.32. The van der Waals surface area contributed by atoms with Crippen molar-refractivity contribution in [2.75, 3.05) is 13.2 Å². The summed E-state index contributed by atoms with van der Waals surface area (Å²) in [6.07, 6.45) is 0. The summed E-state index contributed by atoms with van der Waals surface area (Å²) in [6, 6.07) is 4.59. The lowest BCUT2D eigenvalue weighted by Gasteiger charge is -2.09. The van der Waals surface area contributed by atoms with Gasteiger partial charge in [0.05, 0.1) is 0 Å². The second kappa shape index (κ2) is 7.13. The van der Waals surface area contributed by atoms with Crippen LogP contribution in [-0.4, -0.2) is 31.1 Å². The number of hydrogen-bond acceptors (Lipinski definition) is 5. The van der Waals surface area contributed by atoms with E-state index >= 15 is 0 Å². The van der Waals surface area contributed by atoms with Crippen molar-refractivity contribution in [1.82, 2.24) is 5.32 Å². The van der Waals surface area contributed by atoms with Gasteiger partial charge in [0.25, 0.3) is 5.91 Å². The molecule has 0 radical (unpaired) electrons. The van der Waals surface area contributed by atoms with Crippen molar-refractivity contribution >= 4 is 17.9 Å². The molecule has 7 nitrogen and oxygen atoms in total. The number of esters is 1. The average molecular weight is 280 g/mol. The van der Waals surface area contributed by atoms with Crippen molar-refractivity contribution in [2.45, 2.75) is 13.8 Å². The first-order valence-corrected chi connectivity index (χ1v) is 5.83. The fourth-order valence-corrected chi connectivity index (χ4v) is 1.36. The van der Waals surface area contributed by atoms with E-state index in [0.717, 1.165) is 11.1 Å². The lowest BCUT2D eigenvalue weighted by atomic mass is 10.1. The van der Waals surface area contributed by atoms with Crippen LogP contribution in [0, 0.1) is 13.8 Å². The number of carbonyl (C=O) groups excluding carboxylic acids is 3. The Bertz CT molecular complexity index is 527. The van der Waals surface area contributed by atoms with Gasteiger partial charge in [-0.3, -0.25) is 10.1 Å². The van der Waals surface area contributed by atoms with Crippen LogP contribution in [0.4, 0.5) is 4.79 Å². The minimum atomic E-state index is -1.00. The zero-order valence-electron chi connectivity index (χ0n) is 11.3. The van der Waals surface area contributed by atoms with Crippen LogP contribution in [0.2, 0.25) is 0 Å². The Hall–Kier alpha value is -2.57. The molecule has 0 aliphatic heterocycles. The first-order chi connectivity index (χ1) is 9.38. The molecule has 3 amide bonds. The zero-order valence-corrected chi connectivity index (χ0v) is 11.3. The summed E-state index contributed by atoms with van der Waals surface area (Å²) in [5, 5.41) is 1.77. The average Bonchev–Trinajstić information content (AvgIpc) is 2.36. The molecular weight excluding hydrogens is 264 g/mol. The fourth-order valence-electron chi connectivity index (χ4n) is 1.36. The summed E-state index contributed by atoms with van der Waals surface area (Å²) in [5.41, 5.74) is 6.61. The predicted octanol–water partition coefficient (Wildman–Crippen LogP) is 0.420. The van der Waals surface area contributed by atoms with Crippen LogP contribution in [0.3, 0.4) is 0 Å². The molecule has 0 aliphatic rings. The second-order valence-corrected chi connectivity index (χ2v) is 4.13. The first-order valence-electron chi connectivity index (χ1n) is 5.83. The molecule has 1 aromatic rings. The molecule has 0 aromatic heterocycles. The zero-order chi connectivity index (χ0) is 15.1. The highest BCUT2D eigenvalue weighted by Crippen LogP contribution is 2.18. The number of benzene rings is 1. The van der Waals surface area contributed by atoms with Gasteiger partial charge in [0, 0.05) is 0 Å². The second-order valence-electron chi connectivity index (χ2n) is 4.13. The van der Waals surface area contributed by atoms with Crippen LogP contribution in [-0.2, 0) is 14.3 Å². The molecule has 1 aromatic carbocycles. The van der Waals surface area contributed by atoms with E-state index in [2.05, 4.69) is 4.74 Å². The third-order valence-electron chi connectivity index (χ3n) is 2.32. The van der Waals surface area contributed by atoms with Gasteiger partial charge in [-0.25, -0.2) is 9.59 Å². The van der Waals surface area contributed by atoms with E-state index in [1.165, 1.54) is 0 Å². The normalized spacial score (nSPS) is 9.70. The van der Waals surface area contributed by atoms with E-state index in [9.17, 15) is 14.4 Å². The molecule has 0 heterocycles. The summed E-state index contributed by atoms with van der Waals surface area (Å²) < 4.78 is 9.91. The fraction of sp³-hybridized carbons (Fsp3) is 0.308. The molecule has 0 bridgehead atoms. The van der Waals surface area contributed by atoms with Crippen LogP contribution in [0.15, 0.2) is 18.2 Å². The van der Waals surface area contributed by atoms with E-state index in [4.69, 9.17) is 10.5 Å². The minimum absolute atomic E-state index is 0.325. The maximum Gasteiger partial charge on any atom is 0.344 e. The first kappa shape index (κ1) is 15.5. The van der Waals surface area contributed by atoms with Gasteiger partial charge in [-0.15, -0.1) is 0 Å². The molecule has 108 valence electrons. The van der Waals surface area contributed by atoms with E-state index in [1.807, 2.05) is 26.0 Å².